The maximum atomic E-state index is 5.56. The summed E-state index contributed by atoms with van der Waals surface area (Å²) in [6.45, 7) is 3.00. The van der Waals surface area contributed by atoms with Crippen LogP contribution in [0.15, 0.2) is 23.5 Å². The van der Waals surface area contributed by atoms with Crippen molar-refractivity contribution in [2.75, 3.05) is 11.9 Å². The summed E-state index contributed by atoms with van der Waals surface area (Å²) in [4.78, 5) is 0. The molecule has 12 heavy (non-hydrogen) atoms. The molecule has 68 valence electrons. The van der Waals surface area contributed by atoms with Gasteiger partial charge in [0.25, 0.3) is 0 Å². The number of halogens is 1. The largest absolute Gasteiger partial charge is 0.498 e. The van der Waals surface area contributed by atoms with E-state index in [1.807, 2.05) is 0 Å². The fourth-order valence-corrected chi connectivity index (χ4v) is 1.33. The first-order valence-electron chi connectivity index (χ1n) is 4.38. The van der Waals surface area contributed by atoms with E-state index in [1.165, 1.54) is 5.57 Å². The normalized spacial score (nSPS) is 16.8. The zero-order valence-corrected chi connectivity index (χ0v) is 9.06. The maximum absolute atomic E-state index is 5.56. The van der Waals surface area contributed by atoms with Crippen LogP contribution in [-0.4, -0.2) is 11.9 Å². The lowest BCUT2D eigenvalue weighted by molar-refractivity contribution is 0.202. The number of rotatable bonds is 4. The monoisotopic (exact) mass is 230 g/mol. The van der Waals surface area contributed by atoms with Crippen LogP contribution < -0.4 is 0 Å². The van der Waals surface area contributed by atoms with Crippen LogP contribution in [0.2, 0.25) is 0 Å². The summed E-state index contributed by atoms with van der Waals surface area (Å²) in [6, 6.07) is 0. The molecule has 0 N–H and O–H groups in total. The van der Waals surface area contributed by atoms with E-state index in [2.05, 4.69) is 35.0 Å². The van der Waals surface area contributed by atoms with Crippen LogP contribution in [0.25, 0.3) is 0 Å². The third-order valence-corrected chi connectivity index (χ3v) is 2.45. The summed E-state index contributed by atoms with van der Waals surface area (Å²) in [6.07, 6.45) is 7.55. The lowest BCUT2D eigenvalue weighted by Crippen LogP contribution is -1.98. The Morgan fingerprint density at radius 2 is 2.25 bits per heavy atom. The number of alkyl halides is 1. The third-order valence-electron chi connectivity index (χ3n) is 1.88. The van der Waals surface area contributed by atoms with E-state index in [0.717, 1.165) is 37.0 Å². The van der Waals surface area contributed by atoms with Gasteiger partial charge in [-0.15, -0.1) is 0 Å². The lowest BCUT2D eigenvalue weighted by Gasteiger charge is -2.13. The molecule has 0 bridgehead atoms. The van der Waals surface area contributed by atoms with Crippen LogP contribution in [0.3, 0.4) is 0 Å². The molecule has 1 nitrogen and oxygen atoms in total. The van der Waals surface area contributed by atoms with Gasteiger partial charge in [0, 0.05) is 11.8 Å². The number of hydrogen-bond acceptors (Lipinski definition) is 1. The van der Waals surface area contributed by atoms with Gasteiger partial charge in [0.05, 0.1) is 12.4 Å². The van der Waals surface area contributed by atoms with Crippen molar-refractivity contribution in [1.82, 2.24) is 0 Å². The van der Waals surface area contributed by atoms with Crippen molar-refractivity contribution in [3.05, 3.63) is 23.5 Å². The van der Waals surface area contributed by atoms with E-state index < -0.39 is 0 Å². The van der Waals surface area contributed by atoms with Crippen molar-refractivity contribution in [3.63, 3.8) is 0 Å². The Bertz CT molecular complexity index is 194. The molecule has 0 unspecified atom stereocenters. The van der Waals surface area contributed by atoms with Gasteiger partial charge in [-0.1, -0.05) is 27.6 Å². The van der Waals surface area contributed by atoms with Crippen molar-refractivity contribution in [2.24, 2.45) is 0 Å². The average molecular weight is 231 g/mol. The Morgan fingerprint density at radius 3 is 2.83 bits per heavy atom. The Hall–Kier alpha value is -0.240. The van der Waals surface area contributed by atoms with Gasteiger partial charge in [0.1, 0.15) is 0 Å². The molecule has 0 aromatic rings. The number of hydrogen-bond donors (Lipinski definition) is 0. The van der Waals surface area contributed by atoms with Crippen LogP contribution in [0.4, 0.5) is 0 Å². The summed E-state index contributed by atoms with van der Waals surface area (Å²) < 4.78 is 5.56. The highest BCUT2D eigenvalue weighted by Crippen LogP contribution is 2.18. The Labute approximate surface area is 82.6 Å². The van der Waals surface area contributed by atoms with Gasteiger partial charge >= 0.3 is 0 Å². The minimum absolute atomic E-state index is 0.837. The predicted octanol–water partition coefficient (Wildman–Crippen LogP) is 3.41. The van der Waals surface area contributed by atoms with Gasteiger partial charge in [-0.2, -0.15) is 0 Å². The maximum Gasteiger partial charge on any atom is 0.0962 e. The number of allylic oxidation sites excluding steroid dienone is 4. The van der Waals surface area contributed by atoms with E-state index in [-0.39, 0.29) is 0 Å². The summed E-state index contributed by atoms with van der Waals surface area (Å²) in [5.41, 5.74) is 1.45. The molecular weight excluding hydrogens is 216 g/mol. The van der Waals surface area contributed by atoms with Crippen molar-refractivity contribution < 1.29 is 4.74 Å². The highest BCUT2D eigenvalue weighted by Gasteiger charge is 2.03. The Morgan fingerprint density at radius 1 is 1.42 bits per heavy atom. The zero-order valence-electron chi connectivity index (χ0n) is 7.48. The molecule has 0 aliphatic heterocycles. The van der Waals surface area contributed by atoms with Gasteiger partial charge in [-0.25, -0.2) is 0 Å². The fourth-order valence-electron chi connectivity index (χ4n) is 1.10. The second kappa shape index (κ2) is 5.41. The van der Waals surface area contributed by atoms with Crippen molar-refractivity contribution >= 4 is 15.9 Å². The van der Waals surface area contributed by atoms with E-state index in [0.29, 0.717) is 0 Å². The first-order valence-corrected chi connectivity index (χ1v) is 5.50. The Kier molecular flexibility index (Phi) is 4.44. The van der Waals surface area contributed by atoms with E-state index in [4.69, 9.17) is 4.74 Å². The zero-order chi connectivity index (χ0) is 8.81. The topological polar surface area (TPSA) is 9.23 Å². The highest BCUT2D eigenvalue weighted by atomic mass is 79.9. The van der Waals surface area contributed by atoms with Crippen molar-refractivity contribution in [1.29, 1.82) is 0 Å². The Balaban J connectivity index is 2.24. The predicted molar refractivity (Wildman–Crippen MR) is 55.4 cm³/mol. The molecule has 0 fully saturated rings. The fraction of sp³-hybridized carbons (Fsp3) is 0.600. The van der Waals surface area contributed by atoms with E-state index in [1.54, 1.807) is 0 Å². The van der Waals surface area contributed by atoms with Gasteiger partial charge in [-0.3, -0.25) is 0 Å². The van der Waals surface area contributed by atoms with Gasteiger partial charge in [-0.05, 0) is 25.8 Å². The molecule has 0 atom stereocenters. The molecule has 0 aromatic carbocycles. The first-order chi connectivity index (χ1) is 5.83. The van der Waals surface area contributed by atoms with Crippen LogP contribution in [0, 0.1) is 0 Å². The molecule has 0 radical (unpaired) electrons. The molecule has 0 saturated heterocycles. The van der Waals surface area contributed by atoms with Crippen molar-refractivity contribution in [3.8, 4) is 0 Å². The molecule has 2 heteroatoms. The number of ether oxygens (including phenoxy) is 1. The third kappa shape index (κ3) is 3.44. The van der Waals surface area contributed by atoms with Gasteiger partial charge < -0.3 is 4.74 Å². The molecule has 0 heterocycles. The summed E-state index contributed by atoms with van der Waals surface area (Å²) in [5.74, 6) is 1.14. The molecule has 0 spiro atoms. The second-order valence-corrected chi connectivity index (χ2v) is 3.83. The van der Waals surface area contributed by atoms with Gasteiger partial charge in [0.15, 0.2) is 0 Å². The lowest BCUT2D eigenvalue weighted by atomic mass is 10.1. The van der Waals surface area contributed by atoms with Crippen LogP contribution in [-0.2, 0) is 4.74 Å². The summed E-state index contributed by atoms with van der Waals surface area (Å²) in [7, 11) is 0. The minimum Gasteiger partial charge on any atom is -0.498 e. The van der Waals surface area contributed by atoms with Gasteiger partial charge in [0.2, 0.25) is 0 Å². The molecule has 0 aromatic heterocycles. The van der Waals surface area contributed by atoms with Crippen LogP contribution in [0.1, 0.15) is 26.2 Å². The molecule has 1 aliphatic carbocycles. The highest BCUT2D eigenvalue weighted by molar-refractivity contribution is 9.09. The SMILES string of the molecule is CC1=CC=C(OCCCBr)CC1. The minimum atomic E-state index is 0.837. The molecule has 1 aliphatic rings. The quantitative estimate of drug-likeness (QED) is 0.532. The van der Waals surface area contributed by atoms with Crippen LogP contribution >= 0.6 is 15.9 Å². The van der Waals surface area contributed by atoms with E-state index >= 15 is 0 Å². The van der Waals surface area contributed by atoms with E-state index in [9.17, 15) is 0 Å². The second-order valence-electron chi connectivity index (χ2n) is 3.04. The standard InChI is InChI=1S/C10H15BrO/c1-9-3-5-10(6-4-9)12-8-2-7-11/h3,5H,2,4,6-8H2,1H3. The molecule has 0 saturated carbocycles. The molecular formula is C10H15BrO. The molecule has 0 amide bonds. The molecule has 1 rings (SSSR count). The summed E-state index contributed by atoms with van der Waals surface area (Å²) in [5, 5.41) is 1.02. The average Bonchev–Trinajstić information content (AvgIpc) is 2.09. The smallest absolute Gasteiger partial charge is 0.0962 e. The first kappa shape index (κ1) is 9.85. The van der Waals surface area contributed by atoms with Crippen molar-refractivity contribution in [2.45, 2.75) is 26.2 Å². The van der Waals surface area contributed by atoms with Crippen LogP contribution in [0.5, 0.6) is 0 Å². The summed E-state index contributed by atoms with van der Waals surface area (Å²) >= 11 is 3.37.